The first kappa shape index (κ1) is 34.4. The van der Waals surface area contributed by atoms with Gasteiger partial charge in [0.1, 0.15) is 6.29 Å². The van der Waals surface area contributed by atoms with Gasteiger partial charge in [-0.15, -0.1) is 0 Å². The summed E-state index contributed by atoms with van der Waals surface area (Å²) in [6, 6.07) is 30.8. The van der Waals surface area contributed by atoms with Gasteiger partial charge in [-0.3, -0.25) is 0 Å². The fourth-order valence-electron chi connectivity index (χ4n) is 6.80. The lowest BCUT2D eigenvalue weighted by molar-refractivity contribution is -0.133. The van der Waals surface area contributed by atoms with Crippen LogP contribution in [0.4, 0.5) is 4.79 Å². The predicted octanol–water partition coefficient (Wildman–Crippen LogP) is 6.97. The minimum Gasteiger partial charge on any atom is -0.435 e. The summed E-state index contributed by atoms with van der Waals surface area (Å²) in [5, 5.41) is 2.00. The van der Waals surface area contributed by atoms with Crippen molar-refractivity contribution in [3.05, 3.63) is 108 Å². The quantitative estimate of drug-likeness (QED) is 0.0882. The van der Waals surface area contributed by atoms with Crippen LogP contribution in [0.3, 0.4) is 0 Å². The van der Waals surface area contributed by atoms with Gasteiger partial charge in [0.25, 0.3) is 8.32 Å². The fourth-order valence-corrected chi connectivity index (χ4v) is 11.4. The van der Waals surface area contributed by atoms with Crippen molar-refractivity contribution in [1.82, 2.24) is 0 Å². The number of benzene rings is 3. The molecule has 0 fully saturated rings. The van der Waals surface area contributed by atoms with E-state index >= 15 is 0 Å². The van der Waals surface area contributed by atoms with Crippen molar-refractivity contribution < 1.29 is 28.2 Å². The normalized spacial score (nSPS) is 21.9. The van der Waals surface area contributed by atoms with Gasteiger partial charge in [0.2, 0.25) is 0 Å². The van der Waals surface area contributed by atoms with Crippen molar-refractivity contribution in [2.45, 2.75) is 53.2 Å². The second-order valence-electron chi connectivity index (χ2n) is 13.1. The fraction of sp³-hybridized carbons (Fsp3) is 0.421. The lowest BCUT2D eigenvalue weighted by atomic mass is 9.59. The Bertz CT molecular complexity index is 1360. The molecule has 0 aliphatic heterocycles. The third kappa shape index (κ3) is 7.48. The van der Waals surface area contributed by atoms with Crippen LogP contribution in [0.2, 0.25) is 5.04 Å². The topological polar surface area (TPSA) is 71.1 Å². The lowest BCUT2D eigenvalue weighted by Gasteiger charge is -2.50. The highest BCUT2D eigenvalue weighted by Crippen LogP contribution is 2.48. The number of rotatable bonds is 13. The molecule has 0 radical (unpaired) electrons. The summed E-state index contributed by atoms with van der Waals surface area (Å²) in [6.07, 6.45) is 2.47. The van der Waals surface area contributed by atoms with Crippen LogP contribution in [0.25, 0.3) is 0 Å². The molecule has 0 heterocycles. The van der Waals surface area contributed by atoms with Gasteiger partial charge in [-0.1, -0.05) is 130 Å². The molecule has 0 amide bonds. The molecule has 4 rings (SSSR count). The average molecular weight is 629 g/mol. The van der Waals surface area contributed by atoms with E-state index in [1.165, 1.54) is 0 Å². The zero-order chi connectivity index (χ0) is 32.5. The molecule has 0 unspecified atom stereocenters. The van der Waals surface area contributed by atoms with E-state index in [0.717, 1.165) is 27.8 Å². The van der Waals surface area contributed by atoms with Gasteiger partial charge in [-0.25, -0.2) is 4.79 Å². The van der Waals surface area contributed by atoms with E-state index in [4.69, 9.17) is 18.6 Å². The van der Waals surface area contributed by atoms with Crippen molar-refractivity contribution in [1.29, 1.82) is 0 Å². The first-order valence-corrected chi connectivity index (χ1v) is 17.8. The van der Waals surface area contributed by atoms with Gasteiger partial charge in [0.05, 0.1) is 31.8 Å². The Labute approximate surface area is 269 Å². The molecule has 0 saturated heterocycles. The van der Waals surface area contributed by atoms with Crippen LogP contribution in [0.1, 0.15) is 47.1 Å². The van der Waals surface area contributed by atoms with Crippen LogP contribution >= 0.6 is 0 Å². The van der Waals surface area contributed by atoms with Gasteiger partial charge in [-0.2, -0.15) is 0 Å². The van der Waals surface area contributed by atoms with Gasteiger partial charge < -0.3 is 23.4 Å². The molecule has 0 N–H and O–H groups in total. The van der Waals surface area contributed by atoms with E-state index in [1.807, 2.05) is 42.5 Å². The minimum atomic E-state index is -2.99. The molecule has 1 aliphatic carbocycles. The Balaban J connectivity index is 1.79. The largest absolute Gasteiger partial charge is 0.508 e. The van der Waals surface area contributed by atoms with Crippen LogP contribution in [0, 0.1) is 23.2 Å². The van der Waals surface area contributed by atoms with E-state index in [2.05, 4.69) is 89.2 Å². The van der Waals surface area contributed by atoms with E-state index in [1.54, 1.807) is 6.92 Å². The molecule has 7 heteroatoms. The van der Waals surface area contributed by atoms with E-state index in [0.29, 0.717) is 13.2 Å². The van der Waals surface area contributed by atoms with Crippen molar-refractivity contribution >= 4 is 31.1 Å². The first-order chi connectivity index (χ1) is 21.6. The Kier molecular flexibility index (Phi) is 11.6. The zero-order valence-corrected chi connectivity index (χ0v) is 28.5. The molecule has 3 aromatic rings. The minimum absolute atomic E-state index is 0.0310. The highest BCUT2D eigenvalue weighted by atomic mass is 28.4. The molecule has 240 valence electrons. The standard InChI is InChI=1S/C38H48O6Si/c1-7-42-36(40)43-26-35-30(3)29(2)23-32(25-41-24-31-17-11-8-12-18-31)38(35,27-39)28-44-45(37(4,5)6,33-19-13-9-14-20-33)34-21-15-10-16-22-34/h8-23,27,30,32,35H,7,24-26,28H2,1-6H3/t30-,32-,35-,38-/m0/s1. The summed E-state index contributed by atoms with van der Waals surface area (Å²) in [7, 11) is -2.99. The summed E-state index contributed by atoms with van der Waals surface area (Å²) < 4.78 is 24.5. The van der Waals surface area contributed by atoms with Gasteiger partial charge in [-0.05, 0) is 40.7 Å². The van der Waals surface area contributed by atoms with Crippen molar-refractivity contribution in [3.63, 3.8) is 0 Å². The molecule has 45 heavy (non-hydrogen) atoms. The molecule has 1 aliphatic rings. The van der Waals surface area contributed by atoms with Crippen LogP contribution < -0.4 is 10.4 Å². The molecular weight excluding hydrogens is 580 g/mol. The highest BCUT2D eigenvalue weighted by molar-refractivity contribution is 6.99. The van der Waals surface area contributed by atoms with Gasteiger partial charge >= 0.3 is 6.16 Å². The molecule has 0 spiro atoms. The number of hydrogen-bond donors (Lipinski definition) is 0. The second-order valence-corrected chi connectivity index (χ2v) is 17.4. The molecular formula is C38H48O6Si. The third-order valence-corrected chi connectivity index (χ3v) is 14.4. The summed E-state index contributed by atoms with van der Waals surface area (Å²) in [5.41, 5.74) is 1.16. The smallest absolute Gasteiger partial charge is 0.435 e. The van der Waals surface area contributed by atoms with Crippen molar-refractivity contribution in [3.8, 4) is 0 Å². The zero-order valence-electron chi connectivity index (χ0n) is 27.5. The van der Waals surface area contributed by atoms with Gasteiger partial charge in [0, 0.05) is 18.4 Å². The molecule has 3 aromatic carbocycles. The SMILES string of the molecule is CCOC(=O)OC[C@H]1[C@@H](C)C(C)=C[C@@H](COCc2ccccc2)[C@]1(C=O)CO[Si](c1ccccc1)(c1ccccc1)C(C)(C)C. The summed E-state index contributed by atoms with van der Waals surface area (Å²) >= 11 is 0. The third-order valence-electron chi connectivity index (χ3n) is 9.39. The molecule has 0 aromatic heterocycles. The number of carbonyl (C=O) groups is 2. The van der Waals surface area contributed by atoms with Crippen LogP contribution in [0.15, 0.2) is 103 Å². The van der Waals surface area contributed by atoms with E-state index in [-0.39, 0.29) is 42.6 Å². The number of hydrogen-bond acceptors (Lipinski definition) is 6. The summed E-state index contributed by atoms with van der Waals surface area (Å²) in [6.45, 7) is 13.7. The maximum atomic E-state index is 13.7. The Morgan fingerprint density at radius 1 is 0.867 bits per heavy atom. The van der Waals surface area contributed by atoms with Crippen LogP contribution in [-0.4, -0.2) is 47.2 Å². The molecule has 6 nitrogen and oxygen atoms in total. The first-order valence-electron chi connectivity index (χ1n) is 15.9. The molecule has 0 bridgehead atoms. The number of allylic oxidation sites excluding steroid dienone is 1. The van der Waals surface area contributed by atoms with Gasteiger partial charge in [0.15, 0.2) is 0 Å². The van der Waals surface area contributed by atoms with Crippen LogP contribution in [0.5, 0.6) is 0 Å². The van der Waals surface area contributed by atoms with Crippen molar-refractivity contribution in [2.75, 3.05) is 26.4 Å². The monoisotopic (exact) mass is 628 g/mol. The highest BCUT2D eigenvalue weighted by Gasteiger charge is 2.56. The summed E-state index contributed by atoms with van der Waals surface area (Å²) in [4.78, 5) is 26.1. The summed E-state index contributed by atoms with van der Waals surface area (Å²) in [5.74, 6) is -0.699. The van der Waals surface area contributed by atoms with Crippen molar-refractivity contribution in [2.24, 2.45) is 23.2 Å². The Morgan fingerprint density at radius 3 is 1.93 bits per heavy atom. The number of aldehydes is 1. The maximum absolute atomic E-state index is 13.7. The predicted molar refractivity (Wildman–Crippen MR) is 181 cm³/mol. The van der Waals surface area contributed by atoms with E-state index in [9.17, 15) is 9.59 Å². The Morgan fingerprint density at radius 2 is 1.42 bits per heavy atom. The average Bonchev–Trinajstić information content (AvgIpc) is 3.04. The Hall–Kier alpha value is -3.52. The number of carbonyl (C=O) groups excluding carboxylic acids is 2. The lowest BCUT2D eigenvalue weighted by Crippen LogP contribution is -2.68. The van der Waals surface area contributed by atoms with Crippen LogP contribution in [-0.2, 0) is 30.0 Å². The molecule has 4 atom stereocenters. The second kappa shape index (κ2) is 15.2. The van der Waals surface area contributed by atoms with E-state index < -0.39 is 19.9 Å². The number of ether oxygens (including phenoxy) is 3. The maximum Gasteiger partial charge on any atom is 0.508 e. The molecule has 0 saturated carbocycles.